The summed E-state index contributed by atoms with van der Waals surface area (Å²) in [6.07, 6.45) is -0.0602. The fourth-order valence-electron chi connectivity index (χ4n) is 2.95. The number of benzene rings is 1. The Morgan fingerprint density at radius 2 is 1.92 bits per heavy atom. The number of nitrogens with zero attached hydrogens (tertiary/aromatic N) is 2. The number of aromatic amines is 1. The topological polar surface area (TPSA) is 90.9 Å². The van der Waals surface area contributed by atoms with Crippen molar-refractivity contribution in [1.29, 1.82) is 0 Å². The Morgan fingerprint density at radius 1 is 1.17 bits per heavy atom. The highest BCUT2D eigenvalue weighted by molar-refractivity contribution is 5.94. The number of carboxylic acid groups (broad SMARTS) is 1. The average molecular weight is 324 g/mol. The molecule has 0 bridgehead atoms. The molecule has 0 aliphatic carbocycles. The quantitative estimate of drug-likeness (QED) is 0.671. The minimum atomic E-state index is -0.867. The second kappa shape index (κ2) is 6.31. The van der Waals surface area contributed by atoms with Gasteiger partial charge in [0.1, 0.15) is 0 Å². The molecule has 1 aromatic carbocycles. The van der Waals surface area contributed by atoms with Crippen LogP contribution in [0, 0.1) is 20.8 Å². The van der Waals surface area contributed by atoms with E-state index >= 15 is 0 Å². The van der Waals surface area contributed by atoms with Gasteiger partial charge in [-0.2, -0.15) is 5.10 Å². The maximum absolute atomic E-state index is 11.3. The van der Waals surface area contributed by atoms with Crippen LogP contribution in [0.25, 0.3) is 10.9 Å². The van der Waals surface area contributed by atoms with Gasteiger partial charge in [0, 0.05) is 40.1 Å². The largest absolute Gasteiger partial charge is 0.481 e. The first-order valence-electron chi connectivity index (χ1n) is 7.81. The van der Waals surface area contributed by atoms with Crippen molar-refractivity contribution in [2.75, 3.05) is 5.32 Å². The summed E-state index contributed by atoms with van der Waals surface area (Å²) >= 11 is 0. The number of hydrogen-bond acceptors (Lipinski definition) is 4. The number of para-hydroxylation sites is 1. The van der Waals surface area contributed by atoms with Gasteiger partial charge in [-0.25, -0.2) is 0 Å². The van der Waals surface area contributed by atoms with E-state index in [0.29, 0.717) is 6.54 Å². The van der Waals surface area contributed by atoms with Crippen molar-refractivity contribution in [1.82, 2.24) is 15.2 Å². The van der Waals surface area contributed by atoms with Gasteiger partial charge >= 0.3 is 5.97 Å². The van der Waals surface area contributed by atoms with Gasteiger partial charge in [0.25, 0.3) is 0 Å². The van der Waals surface area contributed by atoms with Crippen LogP contribution in [0.5, 0.6) is 0 Å². The molecule has 124 valence electrons. The molecule has 3 rings (SSSR count). The fraction of sp³-hybridized carbons (Fsp3) is 0.278. The molecule has 0 spiro atoms. The van der Waals surface area contributed by atoms with Gasteiger partial charge in [-0.1, -0.05) is 18.2 Å². The third-order valence-electron chi connectivity index (χ3n) is 4.25. The van der Waals surface area contributed by atoms with E-state index in [2.05, 4.69) is 20.5 Å². The summed E-state index contributed by atoms with van der Waals surface area (Å²) in [7, 11) is 0. The second-order valence-electron chi connectivity index (χ2n) is 5.90. The van der Waals surface area contributed by atoms with Crippen molar-refractivity contribution in [3.05, 3.63) is 52.5 Å². The molecule has 0 saturated carbocycles. The van der Waals surface area contributed by atoms with Crippen LogP contribution in [-0.4, -0.2) is 26.3 Å². The summed E-state index contributed by atoms with van der Waals surface area (Å²) in [5.41, 5.74) is 6.19. The standard InChI is InChI=1S/C18H20N4O2/c1-10-14(8-17(23)24)18(13-6-4-5-7-16(13)20-10)19-9-15-11(2)21-22-12(15)3/h4-7H,8-9H2,1-3H3,(H,19,20)(H,21,22)(H,23,24). The van der Waals surface area contributed by atoms with E-state index in [-0.39, 0.29) is 6.42 Å². The highest BCUT2D eigenvalue weighted by Crippen LogP contribution is 2.29. The van der Waals surface area contributed by atoms with E-state index in [0.717, 1.165) is 44.8 Å². The minimum Gasteiger partial charge on any atom is -0.481 e. The summed E-state index contributed by atoms with van der Waals surface area (Å²) in [5, 5.41) is 20.8. The van der Waals surface area contributed by atoms with Gasteiger partial charge in [0.15, 0.2) is 0 Å². The van der Waals surface area contributed by atoms with Crippen molar-refractivity contribution in [2.24, 2.45) is 0 Å². The average Bonchev–Trinajstić information content (AvgIpc) is 2.85. The summed E-state index contributed by atoms with van der Waals surface area (Å²) in [6, 6.07) is 7.76. The molecular formula is C18H20N4O2. The summed E-state index contributed by atoms with van der Waals surface area (Å²) in [4.78, 5) is 15.8. The number of aromatic nitrogens is 3. The molecule has 0 aliphatic heterocycles. The molecule has 6 nitrogen and oxygen atoms in total. The molecule has 0 atom stereocenters. The molecule has 6 heteroatoms. The third kappa shape index (κ3) is 2.95. The lowest BCUT2D eigenvalue weighted by molar-refractivity contribution is -0.136. The molecule has 24 heavy (non-hydrogen) atoms. The number of aliphatic carboxylic acids is 1. The first-order valence-corrected chi connectivity index (χ1v) is 7.81. The van der Waals surface area contributed by atoms with Crippen LogP contribution >= 0.6 is 0 Å². The minimum absolute atomic E-state index is 0.0602. The maximum atomic E-state index is 11.3. The Labute approximate surface area is 139 Å². The first kappa shape index (κ1) is 16.0. The number of hydrogen-bond donors (Lipinski definition) is 3. The van der Waals surface area contributed by atoms with Gasteiger partial charge in [0.05, 0.1) is 17.6 Å². The lowest BCUT2D eigenvalue weighted by Crippen LogP contribution is -2.10. The van der Waals surface area contributed by atoms with Crippen LogP contribution in [0.3, 0.4) is 0 Å². The van der Waals surface area contributed by atoms with E-state index in [1.54, 1.807) is 0 Å². The highest BCUT2D eigenvalue weighted by atomic mass is 16.4. The predicted molar refractivity (Wildman–Crippen MR) is 93.2 cm³/mol. The molecule has 0 unspecified atom stereocenters. The summed E-state index contributed by atoms with van der Waals surface area (Å²) < 4.78 is 0. The van der Waals surface area contributed by atoms with Crippen LogP contribution in [0.2, 0.25) is 0 Å². The normalized spacial score (nSPS) is 11.0. The number of carboxylic acids is 1. The summed E-state index contributed by atoms with van der Waals surface area (Å²) in [5.74, 6) is -0.867. The van der Waals surface area contributed by atoms with Gasteiger partial charge in [-0.15, -0.1) is 0 Å². The van der Waals surface area contributed by atoms with Crippen LogP contribution in [-0.2, 0) is 17.8 Å². The van der Waals surface area contributed by atoms with Gasteiger partial charge in [-0.05, 0) is 26.8 Å². The molecule has 3 aromatic rings. The number of aryl methyl sites for hydroxylation is 3. The number of anilines is 1. The highest BCUT2D eigenvalue weighted by Gasteiger charge is 2.16. The lowest BCUT2D eigenvalue weighted by Gasteiger charge is -2.16. The Hall–Kier alpha value is -2.89. The first-order chi connectivity index (χ1) is 11.5. The van der Waals surface area contributed by atoms with E-state index in [1.807, 2.05) is 45.0 Å². The number of nitrogens with one attached hydrogen (secondary N) is 2. The monoisotopic (exact) mass is 324 g/mol. The van der Waals surface area contributed by atoms with E-state index in [4.69, 9.17) is 0 Å². The van der Waals surface area contributed by atoms with E-state index < -0.39 is 5.97 Å². The van der Waals surface area contributed by atoms with Crippen LogP contribution in [0.15, 0.2) is 24.3 Å². The Kier molecular flexibility index (Phi) is 4.20. The molecule has 0 aliphatic rings. The van der Waals surface area contributed by atoms with Gasteiger partial charge in [0.2, 0.25) is 0 Å². The lowest BCUT2D eigenvalue weighted by atomic mass is 10.0. The Morgan fingerprint density at radius 3 is 2.58 bits per heavy atom. The van der Waals surface area contributed by atoms with Crippen molar-refractivity contribution in [3.8, 4) is 0 Å². The Bertz CT molecular complexity index is 895. The van der Waals surface area contributed by atoms with Crippen molar-refractivity contribution in [2.45, 2.75) is 33.7 Å². The molecular weight excluding hydrogens is 304 g/mol. The second-order valence-corrected chi connectivity index (χ2v) is 5.90. The van der Waals surface area contributed by atoms with Gasteiger partial charge < -0.3 is 10.4 Å². The zero-order chi connectivity index (χ0) is 17.3. The van der Waals surface area contributed by atoms with E-state index in [1.165, 1.54) is 0 Å². The SMILES string of the molecule is Cc1n[nH]c(C)c1CNc1c(CC(=O)O)c(C)nc2ccccc12. The molecule has 2 aromatic heterocycles. The van der Waals surface area contributed by atoms with Crippen molar-refractivity contribution in [3.63, 3.8) is 0 Å². The molecule has 2 heterocycles. The zero-order valence-electron chi connectivity index (χ0n) is 14.0. The van der Waals surface area contributed by atoms with E-state index in [9.17, 15) is 9.90 Å². The number of rotatable bonds is 5. The molecule has 0 radical (unpaired) electrons. The van der Waals surface area contributed by atoms with Crippen molar-refractivity contribution >= 4 is 22.6 Å². The molecule has 3 N–H and O–H groups in total. The predicted octanol–water partition coefficient (Wildman–Crippen LogP) is 3.12. The zero-order valence-corrected chi connectivity index (χ0v) is 14.0. The third-order valence-corrected chi connectivity index (χ3v) is 4.25. The van der Waals surface area contributed by atoms with Crippen LogP contribution in [0.4, 0.5) is 5.69 Å². The molecule has 0 saturated heterocycles. The van der Waals surface area contributed by atoms with Crippen molar-refractivity contribution < 1.29 is 9.90 Å². The smallest absolute Gasteiger partial charge is 0.307 e. The number of H-pyrrole nitrogens is 1. The molecule has 0 amide bonds. The fourth-order valence-corrected chi connectivity index (χ4v) is 2.95. The Balaban J connectivity index is 2.07. The van der Waals surface area contributed by atoms with Crippen LogP contribution < -0.4 is 5.32 Å². The number of carbonyl (C=O) groups is 1. The number of pyridine rings is 1. The maximum Gasteiger partial charge on any atom is 0.307 e. The number of fused-ring (bicyclic) bond motifs is 1. The molecule has 0 fully saturated rings. The summed E-state index contributed by atoms with van der Waals surface area (Å²) in [6.45, 7) is 6.36. The van der Waals surface area contributed by atoms with Crippen LogP contribution in [0.1, 0.15) is 28.2 Å². The van der Waals surface area contributed by atoms with Gasteiger partial charge in [-0.3, -0.25) is 14.9 Å².